The summed E-state index contributed by atoms with van der Waals surface area (Å²) in [5, 5.41) is 1.96. The highest BCUT2D eigenvalue weighted by Crippen LogP contribution is 2.39. The zero-order valence-electron chi connectivity index (χ0n) is 8.94. The monoisotopic (exact) mass is 325 g/mol. The molecule has 17 heavy (non-hydrogen) atoms. The predicted molar refractivity (Wildman–Crippen MR) is 77.7 cm³/mol. The normalized spacial score (nSPS) is 12.1. The number of thiophene rings is 1. The molecule has 0 spiro atoms. The Labute approximate surface area is 116 Å². The highest BCUT2D eigenvalue weighted by Gasteiger charge is 2.16. The van der Waals surface area contributed by atoms with Gasteiger partial charge < -0.3 is 4.42 Å². The van der Waals surface area contributed by atoms with Crippen LogP contribution >= 0.6 is 39.0 Å². The van der Waals surface area contributed by atoms with Crippen LogP contribution in [0.25, 0.3) is 15.4 Å². The van der Waals surface area contributed by atoms with E-state index in [-0.39, 0.29) is 0 Å². The van der Waals surface area contributed by atoms with Crippen LogP contribution in [0.5, 0.6) is 0 Å². The van der Waals surface area contributed by atoms with E-state index < -0.39 is 0 Å². The molecular weight excluding hydrogens is 318 g/mol. The van der Waals surface area contributed by atoms with E-state index in [1.54, 1.807) is 17.6 Å². The Morgan fingerprint density at radius 2 is 2.35 bits per heavy atom. The maximum atomic E-state index is 7.36. The average molecular weight is 326 g/mol. The first-order valence-corrected chi connectivity index (χ1v) is 7.60. The van der Waals surface area contributed by atoms with Crippen molar-refractivity contribution >= 4 is 49.6 Å². The summed E-state index contributed by atoms with van der Waals surface area (Å²) in [6.45, 7) is 7.36. The fourth-order valence-corrected chi connectivity index (χ4v) is 3.34. The first-order valence-electron chi connectivity index (χ1n) is 4.71. The Hall–Kier alpha value is -0.960. The molecule has 0 aliphatic rings. The van der Waals surface area contributed by atoms with Gasteiger partial charge in [-0.2, -0.15) is 0 Å². The van der Waals surface area contributed by atoms with E-state index >= 15 is 0 Å². The molecule has 0 bridgehead atoms. The lowest BCUT2D eigenvalue weighted by Crippen LogP contribution is -1.83. The third kappa shape index (κ3) is 2.49. The molecule has 2 rings (SSSR count). The van der Waals surface area contributed by atoms with Gasteiger partial charge in [0.1, 0.15) is 5.76 Å². The molecule has 0 N–H and O–H groups in total. The van der Waals surface area contributed by atoms with E-state index in [9.17, 15) is 0 Å². The first-order chi connectivity index (χ1) is 8.27. The summed E-state index contributed by atoms with van der Waals surface area (Å²) in [7, 11) is 0. The molecule has 0 aliphatic carbocycles. The molecule has 0 atom stereocenters. The lowest BCUT2D eigenvalue weighted by atomic mass is 10.2. The van der Waals surface area contributed by atoms with Crippen molar-refractivity contribution in [3.8, 4) is 0 Å². The molecule has 0 amide bonds. The van der Waals surface area contributed by atoms with Crippen molar-refractivity contribution in [1.82, 2.24) is 0 Å². The molecule has 0 aromatic carbocycles. The maximum Gasteiger partial charge on any atom is 0.213 e. The molecular formula is C12H8BrNOS2. The summed E-state index contributed by atoms with van der Waals surface area (Å²) in [5.41, 5.74) is 1.55. The second-order valence-electron chi connectivity index (χ2n) is 3.08. The Morgan fingerprint density at radius 1 is 1.53 bits per heavy atom. The van der Waals surface area contributed by atoms with Crippen LogP contribution in [-0.4, -0.2) is 6.26 Å². The van der Waals surface area contributed by atoms with Gasteiger partial charge >= 0.3 is 0 Å². The molecule has 2 aromatic heterocycles. The van der Waals surface area contributed by atoms with Crippen LogP contribution in [0.3, 0.4) is 0 Å². The van der Waals surface area contributed by atoms with Crippen LogP contribution in [0.15, 0.2) is 38.0 Å². The van der Waals surface area contributed by atoms with Crippen molar-refractivity contribution in [1.29, 1.82) is 0 Å². The zero-order chi connectivity index (χ0) is 12.3. The first kappa shape index (κ1) is 12.5. The molecule has 0 saturated carbocycles. The molecule has 86 valence electrons. The van der Waals surface area contributed by atoms with Gasteiger partial charge in [-0.25, -0.2) is 4.85 Å². The number of hydrogen-bond donors (Lipinski definition) is 0. The minimum atomic E-state index is 0.626. The topological polar surface area (TPSA) is 17.5 Å². The summed E-state index contributed by atoms with van der Waals surface area (Å²) in [6.07, 6.45) is 3.57. The Balaban J connectivity index is 2.61. The van der Waals surface area contributed by atoms with Crippen molar-refractivity contribution in [3.05, 3.63) is 56.4 Å². The van der Waals surface area contributed by atoms with Crippen LogP contribution in [-0.2, 0) is 0 Å². The van der Waals surface area contributed by atoms with Crippen LogP contribution in [0, 0.1) is 6.57 Å². The second kappa shape index (κ2) is 5.58. The Bertz CT molecular complexity index is 578. The van der Waals surface area contributed by atoms with Crippen molar-refractivity contribution in [2.75, 3.05) is 6.26 Å². The quantitative estimate of drug-likeness (QED) is 0.720. The number of rotatable bonds is 3. The maximum absolute atomic E-state index is 7.36. The van der Waals surface area contributed by atoms with E-state index in [0.29, 0.717) is 5.70 Å². The number of halogens is 1. The van der Waals surface area contributed by atoms with Gasteiger partial charge in [-0.05, 0) is 39.7 Å². The molecule has 2 aromatic rings. The summed E-state index contributed by atoms with van der Waals surface area (Å²) >= 11 is 6.57. The SMILES string of the molecule is [C-]#[N+]/C(=C(/SC)c1ccco1)c1ccsc1Br. The number of hydrogen-bond acceptors (Lipinski definition) is 3. The van der Waals surface area contributed by atoms with Gasteiger partial charge in [-0.1, -0.05) is 6.07 Å². The molecule has 2 nitrogen and oxygen atoms in total. The van der Waals surface area contributed by atoms with Gasteiger partial charge in [0, 0.05) is 5.56 Å². The minimum Gasteiger partial charge on any atom is -0.465 e. The lowest BCUT2D eigenvalue weighted by molar-refractivity contribution is 0.556. The highest BCUT2D eigenvalue weighted by atomic mass is 79.9. The summed E-state index contributed by atoms with van der Waals surface area (Å²) < 4.78 is 6.35. The van der Waals surface area contributed by atoms with Gasteiger partial charge in [0.25, 0.3) is 0 Å². The third-order valence-corrected chi connectivity index (χ3v) is 4.64. The zero-order valence-corrected chi connectivity index (χ0v) is 12.2. The number of furan rings is 1. The van der Waals surface area contributed by atoms with E-state index in [0.717, 1.165) is 20.0 Å². The van der Waals surface area contributed by atoms with Gasteiger partial charge in [0.2, 0.25) is 5.70 Å². The standard InChI is InChI=1S/C12H8BrNOS2/c1-14-10(8-5-7-17-12(8)13)11(16-2)9-4-3-6-15-9/h3-7H,2H3/b11-10+. The highest BCUT2D eigenvalue weighted by molar-refractivity contribution is 9.11. The van der Waals surface area contributed by atoms with Crippen molar-refractivity contribution < 1.29 is 4.42 Å². The fraction of sp³-hybridized carbons (Fsp3) is 0.0833. The number of thioether (sulfide) groups is 1. The average Bonchev–Trinajstić information content (AvgIpc) is 2.97. The van der Waals surface area contributed by atoms with Crippen molar-refractivity contribution in [2.24, 2.45) is 0 Å². The van der Waals surface area contributed by atoms with Gasteiger partial charge in [0.05, 0.1) is 21.5 Å². The predicted octanol–water partition coefficient (Wildman–Crippen LogP) is 5.21. The number of nitrogens with zero attached hydrogens (tertiary/aromatic N) is 1. The summed E-state index contributed by atoms with van der Waals surface area (Å²) in [5.74, 6) is 0.738. The largest absolute Gasteiger partial charge is 0.465 e. The summed E-state index contributed by atoms with van der Waals surface area (Å²) in [4.78, 5) is 4.51. The summed E-state index contributed by atoms with van der Waals surface area (Å²) in [6, 6.07) is 5.65. The van der Waals surface area contributed by atoms with E-state index in [1.807, 2.05) is 29.8 Å². The molecule has 0 aliphatic heterocycles. The Kier molecular flexibility index (Phi) is 4.11. The molecule has 5 heteroatoms. The van der Waals surface area contributed by atoms with Crippen LogP contribution in [0.2, 0.25) is 0 Å². The smallest absolute Gasteiger partial charge is 0.213 e. The van der Waals surface area contributed by atoms with Crippen molar-refractivity contribution in [3.63, 3.8) is 0 Å². The van der Waals surface area contributed by atoms with Gasteiger partial charge in [-0.15, -0.1) is 23.1 Å². The van der Waals surface area contributed by atoms with Crippen LogP contribution < -0.4 is 0 Å². The van der Waals surface area contributed by atoms with E-state index in [2.05, 4.69) is 20.8 Å². The lowest BCUT2D eigenvalue weighted by Gasteiger charge is -2.04. The molecule has 0 radical (unpaired) electrons. The molecule has 0 unspecified atom stereocenters. The van der Waals surface area contributed by atoms with Gasteiger partial charge in [0.15, 0.2) is 0 Å². The molecule has 0 fully saturated rings. The van der Waals surface area contributed by atoms with E-state index in [1.165, 1.54) is 11.8 Å². The van der Waals surface area contributed by atoms with Crippen molar-refractivity contribution in [2.45, 2.75) is 0 Å². The minimum absolute atomic E-state index is 0.626. The molecule has 2 heterocycles. The molecule has 0 saturated heterocycles. The Morgan fingerprint density at radius 3 is 2.82 bits per heavy atom. The van der Waals surface area contributed by atoms with Crippen LogP contribution in [0.4, 0.5) is 0 Å². The second-order valence-corrected chi connectivity index (χ2v) is 6.13. The third-order valence-electron chi connectivity index (χ3n) is 2.15. The van der Waals surface area contributed by atoms with E-state index in [4.69, 9.17) is 11.0 Å². The van der Waals surface area contributed by atoms with Crippen LogP contribution in [0.1, 0.15) is 11.3 Å². The van der Waals surface area contributed by atoms with Gasteiger partial charge in [-0.3, -0.25) is 0 Å². The fourth-order valence-electron chi connectivity index (χ4n) is 1.42.